The van der Waals surface area contributed by atoms with E-state index in [-0.39, 0.29) is 11.5 Å². The van der Waals surface area contributed by atoms with Gasteiger partial charge >= 0.3 is 0 Å². The molecule has 1 saturated carbocycles. The van der Waals surface area contributed by atoms with Crippen LogP contribution in [0, 0.1) is 12.8 Å². The van der Waals surface area contributed by atoms with Gasteiger partial charge in [-0.1, -0.05) is 6.07 Å². The van der Waals surface area contributed by atoms with Crippen LogP contribution in [0.4, 0.5) is 0 Å². The molecule has 2 aliphatic heterocycles. The molecule has 1 N–H and O–H groups in total. The van der Waals surface area contributed by atoms with E-state index in [2.05, 4.69) is 46.5 Å². The van der Waals surface area contributed by atoms with Gasteiger partial charge in [0.25, 0.3) is 0 Å². The summed E-state index contributed by atoms with van der Waals surface area (Å²) in [5, 5.41) is 18.0. The number of nitrogens with zero attached hydrogens (tertiary/aromatic N) is 3. The van der Waals surface area contributed by atoms with E-state index in [1.165, 1.54) is 59.6 Å². The van der Waals surface area contributed by atoms with Crippen LogP contribution in [0.3, 0.4) is 0 Å². The standard InChI is InChI=1S/C28H37N3O2S/c1-18-23-15-28(32)26-13-20-5-6-22(33-2)14-24(20)27(28,9-10-30(26)17-19-3-4-19)16-25(23)31(29-18)21-7-11-34-12-8-21/h5-6,14,19,21,26,32H,3-4,7-13,15-17H2,1-2H3/t26?,27-,28-/m0/s1. The van der Waals surface area contributed by atoms with E-state index in [0.717, 1.165) is 56.1 Å². The molecule has 7 rings (SSSR count). The Morgan fingerprint density at radius 2 is 2.00 bits per heavy atom. The number of benzene rings is 1. The van der Waals surface area contributed by atoms with Crippen molar-refractivity contribution in [1.29, 1.82) is 0 Å². The lowest BCUT2D eigenvalue weighted by Crippen LogP contribution is -2.74. The predicted octanol–water partition coefficient (Wildman–Crippen LogP) is 4.08. The quantitative estimate of drug-likeness (QED) is 0.716. The highest BCUT2D eigenvalue weighted by molar-refractivity contribution is 7.99. The van der Waals surface area contributed by atoms with Gasteiger partial charge in [0.15, 0.2) is 0 Å². The van der Waals surface area contributed by atoms with Crippen molar-refractivity contribution in [2.75, 3.05) is 31.7 Å². The fraction of sp³-hybridized carbons (Fsp3) is 0.679. The number of piperidine rings is 1. The van der Waals surface area contributed by atoms with Crippen LogP contribution in [0.2, 0.25) is 0 Å². The van der Waals surface area contributed by atoms with Gasteiger partial charge in [-0.2, -0.15) is 16.9 Å². The monoisotopic (exact) mass is 479 g/mol. The second-order valence-corrected chi connectivity index (χ2v) is 12.8. The summed E-state index contributed by atoms with van der Waals surface area (Å²) in [5.41, 5.74) is 5.61. The topological polar surface area (TPSA) is 50.5 Å². The normalized spacial score (nSPS) is 33.2. The third kappa shape index (κ3) is 3.04. The lowest BCUT2D eigenvalue weighted by atomic mass is 9.49. The fourth-order valence-corrected chi connectivity index (χ4v) is 8.90. The minimum Gasteiger partial charge on any atom is -0.497 e. The largest absolute Gasteiger partial charge is 0.497 e. The molecule has 1 aromatic carbocycles. The summed E-state index contributed by atoms with van der Waals surface area (Å²) >= 11 is 2.07. The Bertz CT molecular complexity index is 1120. The van der Waals surface area contributed by atoms with E-state index in [1.54, 1.807) is 7.11 Å². The van der Waals surface area contributed by atoms with Gasteiger partial charge < -0.3 is 9.84 Å². The van der Waals surface area contributed by atoms with Crippen molar-refractivity contribution >= 4 is 11.8 Å². The van der Waals surface area contributed by atoms with Crippen molar-refractivity contribution in [2.24, 2.45) is 5.92 Å². The van der Waals surface area contributed by atoms with Crippen molar-refractivity contribution in [3.05, 3.63) is 46.3 Å². The molecule has 1 unspecified atom stereocenters. The highest BCUT2D eigenvalue weighted by Gasteiger charge is 2.65. The maximum absolute atomic E-state index is 12.8. The van der Waals surface area contributed by atoms with Crippen LogP contribution in [-0.4, -0.2) is 63.1 Å². The van der Waals surface area contributed by atoms with Gasteiger partial charge in [0, 0.05) is 36.5 Å². The van der Waals surface area contributed by atoms with Gasteiger partial charge in [-0.25, -0.2) is 0 Å². The average molecular weight is 480 g/mol. The van der Waals surface area contributed by atoms with Gasteiger partial charge in [-0.3, -0.25) is 9.58 Å². The Balaban J connectivity index is 1.39. The van der Waals surface area contributed by atoms with Gasteiger partial charge in [-0.05, 0) is 98.2 Å². The number of hydrogen-bond donors (Lipinski definition) is 1. The van der Waals surface area contributed by atoms with Crippen LogP contribution in [0.5, 0.6) is 5.75 Å². The molecule has 1 aromatic heterocycles. The molecule has 3 fully saturated rings. The van der Waals surface area contributed by atoms with Crippen LogP contribution in [-0.2, 0) is 24.7 Å². The maximum atomic E-state index is 12.8. The van der Waals surface area contributed by atoms with Crippen molar-refractivity contribution in [1.82, 2.24) is 14.7 Å². The van der Waals surface area contributed by atoms with Crippen LogP contribution in [0.15, 0.2) is 18.2 Å². The summed E-state index contributed by atoms with van der Waals surface area (Å²) in [6.07, 6.45) is 8.71. The molecule has 6 heteroatoms. The number of rotatable bonds is 4. The highest BCUT2D eigenvalue weighted by Crippen LogP contribution is 2.58. The molecular weight excluding hydrogens is 442 g/mol. The van der Waals surface area contributed by atoms with E-state index in [0.29, 0.717) is 6.04 Å². The predicted molar refractivity (Wildman–Crippen MR) is 136 cm³/mol. The van der Waals surface area contributed by atoms with Crippen LogP contribution in [0.25, 0.3) is 0 Å². The molecule has 2 aromatic rings. The smallest absolute Gasteiger partial charge is 0.119 e. The van der Waals surface area contributed by atoms with Gasteiger partial charge in [-0.15, -0.1) is 0 Å². The van der Waals surface area contributed by atoms with E-state index in [9.17, 15) is 5.11 Å². The highest BCUT2D eigenvalue weighted by atomic mass is 32.2. The number of methoxy groups -OCH3 is 1. The number of fused-ring (bicyclic) bond motifs is 2. The zero-order valence-electron chi connectivity index (χ0n) is 20.6. The first-order chi connectivity index (χ1) is 16.5. The number of ether oxygens (including phenoxy) is 1. The van der Waals surface area contributed by atoms with Crippen LogP contribution in [0.1, 0.15) is 66.2 Å². The molecule has 2 saturated heterocycles. The fourth-order valence-electron chi connectivity index (χ4n) is 7.82. The number of aryl methyl sites for hydroxylation is 1. The maximum Gasteiger partial charge on any atom is 0.119 e. The number of hydrogen-bond acceptors (Lipinski definition) is 5. The molecule has 182 valence electrons. The van der Waals surface area contributed by atoms with Gasteiger partial charge in [0.1, 0.15) is 5.75 Å². The van der Waals surface area contributed by atoms with Gasteiger partial charge in [0.05, 0.1) is 24.4 Å². The molecule has 3 heterocycles. The first-order valence-electron chi connectivity index (χ1n) is 13.3. The first kappa shape index (κ1) is 21.8. The zero-order chi connectivity index (χ0) is 23.1. The molecule has 3 atom stereocenters. The molecule has 0 spiro atoms. The number of likely N-dealkylation sites (tertiary alicyclic amines) is 1. The Labute approximate surface area is 207 Å². The zero-order valence-corrected chi connectivity index (χ0v) is 21.4. The summed E-state index contributed by atoms with van der Waals surface area (Å²) < 4.78 is 8.09. The Kier molecular flexibility index (Phi) is 4.96. The summed E-state index contributed by atoms with van der Waals surface area (Å²) in [4.78, 5) is 2.66. The van der Waals surface area contributed by atoms with E-state index >= 15 is 0 Å². The molecule has 5 nitrogen and oxygen atoms in total. The van der Waals surface area contributed by atoms with Crippen LogP contribution >= 0.6 is 11.8 Å². The van der Waals surface area contributed by atoms with E-state index in [4.69, 9.17) is 9.84 Å². The third-order valence-electron chi connectivity index (χ3n) is 9.85. The Morgan fingerprint density at radius 3 is 2.76 bits per heavy atom. The lowest BCUT2D eigenvalue weighted by molar-refractivity contribution is -0.152. The molecule has 0 amide bonds. The van der Waals surface area contributed by atoms with E-state index < -0.39 is 5.60 Å². The summed E-state index contributed by atoms with van der Waals surface area (Å²) in [5.74, 6) is 4.20. The Hall–Kier alpha value is -1.50. The number of thioether (sulfide) groups is 1. The van der Waals surface area contributed by atoms with Crippen molar-refractivity contribution in [3.63, 3.8) is 0 Å². The summed E-state index contributed by atoms with van der Waals surface area (Å²) in [6, 6.07) is 7.33. The third-order valence-corrected chi connectivity index (χ3v) is 10.9. The second kappa shape index (κ2) is 7.75. The van der Waals surface area contributed by atoms with E-state index in [1.807, 2.05) is 0 Å². The minimum atomic E-state index is -0.756. The molecule has 3 aliphatic carbocycles. The minimum absolute atomic E-state index is 0.185. The van der Waals surface area contributed by atoms with Crippen molar-refractivity contribution in [3.8, 4) is 5.75 Å². The Morgan fingerprint density at radius 1 is 1.18 bits per heavy atom. The molecule has 34 heavy (non-hydrogen) atoms. The van der Waals surface area contributed by atoms with Crippen molar-refractivity contribution < 1.29 is 9.84 Å². The lowest BCUT2D eigenvalue weighted by Gasteiger charge is -2.63. The second-order valence-electron chi connectivity index (χ2n) is 11.6. The van der Waals surface area contributed by atoms with Crippen LogP contribution < -0.4 is 4.74 Å². The SMILES string of the molecule is COc1ccc2c(c1)[C@@]13CCN(CC4CC4)C(C2)[C@@]1(O)Cc1c(C)nn(C2CCSCC2)c1C3. The number of aliphatic hydroxyl groups is 1. The van der Waals surface area contributed by atoms with Gasteiger partial charge in [0.2, 0.25) is 0 Å². The van der Waals surface area contributed by atoms with Crippen molar-refractivity contribution in [2.45, 2.75) is 81.4 Å². The molecular formula is C28H37N3O2S. The first-order valence-corrected chi connectivity index (χ1v) is 14.5. The number of aromatic nitrogens is 2. The summed E-state index contributed by atoms with van der Waals surface area (Å²) in [7, 11) is 1.76. The molecule has 2 bridgehead atoms. The molecule has 5 aliphatic rings. The molecule has 0 radical (unpaired) electrons. The average Bonchev–Trinajstić information content (AvgIpc) is 3.62. The summed E-state index contributed by atoms with van der Waals surface area (Å²) in [6.45, 7) is 4.41.